The molecule has 7 heteroatoms. The Bertz CT molecular complexity index is 3130. The van der Waals surface area contributed by atoms with Crippen LogP contribution in [0.2, 0.25) is 0 Å². The number of hydrogen-bond acceptors (Lipinski definition) is 3. The predicted octanol–water partition coefficient (Wildman–Crippen LogP) is 10.9. The number of aromatic nitrogens is 7. The third kappa shape index (κ3) is 6.48. The van der Waals surface area contributed by atoms with Gasteiger partial charge in [-0.2, -0.15) is 10.2 Å². The minimum Gasteiger partial charge on any atom is -0.341 e. The predicted molar refractivity (Wildman–Crippen MR) is 237 cm³/mol. The van der Waals surface area contributed by atoms with E-state index in [1.165, 1.54) is 60.3 Å². The smallest absolute Gasteiger partial charge is 0.0706 e. The van der Waals surface area contributed by atoms with Crippen molar-refractivity contribution in [2.24, 2.45) is 0 Å². The Balaban J connectivity index is 0.891. The van der Waals surface area contributed by atoms with Crippen LogP contribution in [0.4, 0.5) is 0 Å². The quantitative estimate of drug-likeness (QED) is 0.125. The molecule has 7 nitrogen and oxygen atoms in total. The van der Waals surface area contributed by atoms with E-state index in [-0.39, 0.29) is 0 Å². The molecule has 0 saturated heterocycles. The van der Waals surface area contributed by atoms with Crippen molar-refractivity contribution in [2.45, 2.75) is 52.9 Å². The summed E-state index contributed by atoms with van der Waals surface area (Å²) < 4.78 is 8.96. The van der Waals surface area contributed by atoms with Gasteiger partial charge in [-0.3, -0.25) is 14.3 Å². The lowest BCUT2D eigenvalue weighted by molar-refractivity contribution is 0.678. The van der Waals surface area contributed by atoms with Gasteiger partial charge < -0.3 is 9.13 Å². The summed E-state index contributed by atoms with van der Waals surface area (Å²) in [6, 6.07) is 47.4. The van der Waals surface area contributed by atoms with Crippen LogP contribution in [0.15, 0.2) is 152 Å². The molecule has 5 aromatic carbocycles. The molecule has 5 heterocycles. The number of pyridine rings is 1. The van der Waals surface area contributed by atoms with E-state index in [2.05, 4.69) is 185 Å². The third-order valence-electron chi connectivity index (χ3n) is 11.8. The first kappa shape index (κ1) is 35.4. The topological polar surface area (TPSA) is 58.4 Å². The zero-order valence-corrected chi connectivity index (χ0v) is 33.0. The van der Waals surface area contributed by atoms with Gasteiger partial charge in [0.25, 0.3) is 0 Å². The molecule has 284 valence electrons. The molecule has 0 bridgehead atoms. The van der Waals surface area contributed by atoms with Crippen LogP contribution in [-0.4, -0.2) is 33.7 Å². The number of rotatable bonds is 12. The normalized spacial score (nSPS) is 11.8. The Kier molecular flexibility index (Phi) is 9.06. The largest absolute Gasteiger partial charge is 0.341 e. The van der Waals surface area contributed by atoms with Crippen molar-refractivity contribution in [3.8, 4) is 0 Å². The van der Waals surface area contributed by atoms with Crippen molar-refractivity contribution in [3.05, 3.63) is 203 Å². The summed E-state index contributed by atoms with van der Waals surface area (Å²) in [6.07, 6.45) is 8.17. The van der Waals surface area contributed by atoms with E-state index >= 15 is 0 Å². The highest BCUT2D eigenvalue weighted by Crippen LogP contribution is 2.28. The SMILES string of the molecule is C=Cc1cn(Cc2cccc(Cn3cc(CCc4nn(Cc5cccc(Cn6nc(C)c7ccccc76)c5C)c5ccccc45)c4ccccc43)n2)c2ccccc12. The Labute approximate surface area is 338 Å². The minimum absolute atomic E-state index is 0.699. The van der Waals surface area contributed by atoms with Gasteiger partial charge in [0.15, 0.2) is 0 Å². The molecule has 10 aromatic rings. The van der Waals surface area contributed by atoms with Crippen molar-refractivity contribution in [1.29, 1.82) is 0 Å². The van der Waals surface area contributed by atoms with Crippen LogP contribution in [-0.2, 0) is 39.0 Å². The summed E-state index contributed by atoms with van der Waals surface area (Å²) in [5, 5.41) is 15.1. The second-order valence-corrected chi connectivity index (χ2v) is 15.4. The third-order valence-corrected chi connectivity index (χ3v) is 11.8. The molecule has 0 aliphatic rings. The number of para-hydroxylation sites is 4. The highest BCUT2D eigenvalue weighted by molar-refractivity contribution is 5.89. The van der Waals surface area contributed by atoms with E-state index in [9.17, 15) is 0 Å². The number of fused-ring (bicyclic) bond motifs is 4. The van der Waals surface area contributed by atoms with Gasteiger partial charge in [-0.1, -0.05) is 110 Å². The molecular weight excluding hydrogens is 711 g/mol. The van der Waals surface area contributed by atoms with Gasteiger partial charge in [0, 0.05) is 45.0 Å². The summed E-state index contributed by atoms with van der Waals surface area (Å²) in [5.41, 5.74) is 15.3. The van der Waals surface area contributed by atoms with Gasteiger partial charge in [-0.15, -0.1) is 0 Å². The van der Waals surface area contributed by atoms with Crippen molar-refractivity contribution in [3.63, 3.8) is 0 Å². The van der Waals surface area contributed by atoms with E-state index in [1.807, 2.05) is 6.08 Å². The van der Waals surface area contributed by atoms with Crippen molar-refractivity contribution < 1.29 is 0 Å². The molecule has 0 atom stereocenters. The Morgan fingerprint density at radius 2 is 1.02 bits per heavy atom. The van der Waals surface area contributed by atoms with E-state index in [0.29, 0.717) is 19.6 Å². The molecule has 5 aromatic heterocycles. The second-order valence-electron chi connectivity index (χ2n) is 15.4. The van der Waals surface area contributed by atoms with Crippen LogP contribution in [0.5, 0.6) is 0 Å². The fourth-order valence-corrected chi connectivity index (χ4v) is 8.85. The summed E-state index contributed by atoms with van der Waals surface area (Å²) in [6.45, 7) is 11.2. The van der Waals surface area contributed by atoms with E-state index in [4.69, 9.17) is 15.2 Å². The van der Waals surface area contributed by atoms with E-state index in [0.717, 1.165) is 53.2 Å². The molecule has 0 aliphatic heterocycles. The van der Waals surface area contributed by atoms with Crippen LogP contribution in [0.3, 0.4) is 0 Å². The van der Waals surface area contributed by atoms with Crippen LogP contribution in [0.25, 0.3) is 49.7 Å². The molecule has 0 amide bonds. The molecule has 0 radical (unpaired) electrons. The summed E-state index contributed by atoms with van der Waals surface area (Å²) >= 11 is 0. The molecule has 0 saturated carbocycles. The molecule has 0 unspecified atom stereocenters. The minimum atomic E-state index is 0.699. The Morgan fingerprint density at radius 3 is 1.71 bits per heavy atom. The molecule has 0 spiro atoms. The summed E-state index contributed by atoms with van der Waals surface area (Å²) in [4.78, 5) is 5.15. The molecule has 0 fully saturated rings. The number of hydrogen-bond donors (Lipinski definition) is 0. The number of nitrogens with zero attached hydrogens (tertiary/aromatic N) is 7. The van der Waals surface area contributed by atoms with Gasteiger partial charge in [-0.25, -0.2) is 0 Å². The zero-order valence-electron chi connectivity index (χ0n) is 33.0. The lowest BCUT2D eigenvalue weighted by Crippen LogP contribution is -2.08. The lowest BCUT2D eigenvalue weighted by Gasteiger charge is -2.13. The first-order valence-electron chi connectivity index (χ1n) is 20.2. The van der Waals surface area contributed by atoms with E-state index < -0.39 is 0 Å². The van der Waals surface area contributed by atoms with Gasteiger partial charge in [0.1, 0.15) is 0 Å². The lowest BCUT2D eigenvalue weighted by atomic mass is 10.0. The second kappa shape index (κ2) is 14.8. The summed E-state index contributed by atoms with van der Waals surface area (Å²) in [7, 11) is 0. The van der Waals surface area contributed by atoms with Crippen molar-refractivity contribution >= 4 is 49.7 Å². The fraction of sp³-hybridized carbons (Fsp3) is 0.157. The first-order chi connectivity index (χ1) is 28.5. The molecule has 10 rings (SSSR count). The molecule has 58 heavy (non-hydrogen) atoms. The van der Waals surface area contributed by atoms with Crippen LogP contribution >= 0.6 is 0 Å². The number of benzene rings is 5. The molecule has 0 N–H and O–H groups in total. The average molecular weight is 756 g/mol. The Morgan fingerprint density at radius 1 is 0.483 bits per heavy atom. The highest BCUT2D eigenvalue weighted by atomic mass is 15.3. The zero-order chi connectivity index (χ0) is 39.2. The number of aryl methyl sites for hydroxylation is 3. The van der Waals surface area contributed by atoms with Gasteiger partial charge >= 0.3 is 0 Å². The van der Waals surface area contributed by atoms with Crippen molar-refractivity contribution in [2.75, 3.05) is 0 Å². The van der Waals surface area contributed by atoms with Crippen molar-refractivity contribution in [1.82, 2.24) is 33.7 Å². The van der Waals surface area contributed by atoms with Gasteiger partial charge in [0.05, 0.1) is 60.0 Å². The summed E-state index contributed by atoms with van der Waals surface area (Å²) in [5.74, 6) is 0. The average Bonchev–Trinajstić information content (AvgIpc) is 3.99. The van der Waals surface area contributed by atoms with Crippen LogP contribution < -0.4 is 0 Å². The monoisotopic (exact) mass is 755 g/mol. The maximum Gasteiger partial charge on any atom is 0.0706 e. The highest BCUT2D eigenvalue weighted by Gasteiger charge is 2.16. The fourth-order valence-electron chi connectivity index (χ4n) is 8.85. The molecule has 0 aliphatic carbocycles. The molecular formula is C51H45N7. The maximum absolute atomic E-state index is 5.30. The van der Waals surface area contributed by atoms with Gasteiger partial charge in [-0.05, 0) is 90.9 Å². The van der Waals surface area contributed by atoms with Crippen LogP contribution in [0, 0.1) is 13.8 Å². The van der Waals surface area contributed by atoms with Gasteiger partial charge in [0.2, 0.25) is 0 Å². The van der Waals surface area contributed by atoms with Crippen LogP contribution in [0.1, 0.15) is 50.6 Å². The maximum atomic E-state index is 5.30. The Hall–Kier alpha value is -6.99. The van der Waals surface area contributed by atoms with E-state index in [1.54, 1.807) is 0 Å². The first-order valence-corrected chi connectivity index (χ1v) is 20.2. The standard InChI is InChI=1S/C51H45N7/c1-4-37-29-55(48-23-9-6-20-44(37)48)33-41-17-14-18-42(52-41)34-56-30-40(45-21-7-10-24-49(45)56)27-28-47-46-22-8-12-26-51(46)58(54-47)32-39-16-13-15-38(35(39)2)31-57-50-25-11-5-19-43(50)36(3)53-57/h4-26,29-30H,1,27-28,31-34H2,2-3H3.